The summed E-state index contributed by atoms with van der Waals surface area (Å²) in [6.07, 6.45) is 3.78. The van der Waals surface area contributed by atoms with Crippen LogP contribution in [0.1, 0.15) is 11.4 Å². The zero-order chi connectivity index (χ0) is 13.9. The van der Waals surface area contributed by atoms with Gasteiger partial charge in [0.1, 0.15) is 17.1 Å². The molecule has 0 fully saturated rings. The van der Waals surface area contributed by atoms with Crippen molar-refractivity contribution in [1.29, 1.82) is 0 Å². The zero-order valence-corrected chi connectivity index (χ0v) is 10.3. The van der Waals surface area contributed by atoms with Gasteiger partial charge in [0.15, 0.2) is 5.82 Å². The molecule has 3 rings (SSSR count). The van der Waals surface area contributed by atoms with Gasteiger partial charge < -0.3 is 9.63 Å². The molecule has 0 saturated heterocycles. The molecule has 0 aliphatic carbocycles. The standard InChI is InChI=1S/C14H10FN3O2/c15-10-4-1-5-11(19)13(10)14-17-12(18-20-14)7-9-3-2-6-16-8-9/h1-6,8,19H,7H2. The van der Waals surface area contributed by atoms with Gasteiger partial charge in [-0.2, -0.15) is 4.98 Å². The molecular formula is C14H10FN3O2. The van der Waals surface area contributed by atoms with E-state index in [2.05, 4.69) is 15.1 Å². The first-order valence-electron chi connectivity index (χ1n) is 5.93. The van der Waals surface area contributed by atoms with Crippen molar-refractivity contribution in [3.8, 4) is 17.2 Å². The molecule has 0 saturated carbocycles. The van der Waals surface area contributed by atoms with Crippen molar-refractivity contribution in [3.05, 3.63) is 59.9 Å². The van der Waals surface area contributed by atoms with Crippen molar-refractivity contribution in [2.24, 2.45) is 0 Å². The zero-order valence-electron chi connectivity index (χ0n) is 10.3. The van der Waals surface area contributed by atoms with E-state index in [1.165, 1.54) is 18.2 Å². The van der Waals surface area contributed by atoms with Gasteiger partial charge in [0.25, 0.3) is 5.89 Å². The summed E-state index contributed by atoms with van der Waals surface area (Å²) in [6.45, 7) is 0. The molecule has 0 aliphatic rings. The van der Waals surface area contributed by atoms with E-state index in [0.29, 0.717) is 12.2 Å². The van der Waals surface area contributed by atoms with Crippen LogP contribution in [0.2, 0.25) is 0 Å². The van der Waals surface area contributed by atoms with E-state index in [1.54, 1.807) is 18.5 Å². The molecule has 5 nitrogen and oxygen atoms in total. The van der Waals surface area contributed by atoms with Gasteiger partial charge in [-0.3, -0.25) is 4.98 Å². The fourth-order valence-corrected chi connectivity index (χ4v) is 1.84. The monoisotopic (exact) mass is 271 g/mol. The number of hydrogen-bond donors (Lipinski definition) is 1. The van der Waals surface area contributed by atoms with Crippen LogP contribution in [0.3, 0.4) is 0 Å². The molecule has 3 aromatic rings. The molecule has 20 heavy (non-hydrogen) atoms. The molecule has 100 valence electrons. The lowest BCUT2D eigenvalue weighted by molar-refractivity contribution is 0.414. The lowest BCUT2D eigenvalue weighted by Crippen LogP contribution is -1.91. The summed E-state index contributed by atoms with van der Waals surface area (Å²) in [7, 11) is 0. The molecule has 0 aliphatic heterocycles. The molecule has 0 unspecified atom stereocenters. The van der Waals surface area contributed by atoms with Gasteiger partial charge in [-0.05, 0) is 23.8 Å². The first kappa shape index (κ1) is 12.3. The normalized spacial score (nSPS) is 10.7. The van der Waals surface area contributed by atoms with Crippen LogP contribution in [0, 0.1) is 5.82 Å². The van der Waals surface area contributed by atoms with E-state index in [-0.39, 0.29) is 17.2 Å². The molecule has 0 radical (unpaired) electrons. The molecule has 0 atom stereocenters. The van der Waals surface area contributed by atoms with E-state index >= 15 is 0 Å². The number of benzene rings is 1. The SMILES string of the molecule is Oc1cccc(F)c1-c1nc(Cc2cccnc2)no1. The van der Waals surface area contributed by atoms with Crippen LogP contribution in [0.5, 0.6) is 5.75 Å². The molecular weight excluding hydrogens is 261 g/mol. The van der Waals surface area contributed by atoms with Crippen LogP contribution < -0.4 is 0 Å². The van der Waals surface area contributed by atoms with Gasteiger partial charge in [-0.15, -0.1) is 0 Å². The van der Waals surface area contributed by atoms with Gasteiger partial charge >= 0.3 is 0 Å². The molecule has 0 bridgehead atoms. The molecule has 1 N–H and O–H groups in total. The first-order valence-corrected chi connectivity index (χ1v) is 5.93. The van der Waals surface area contributed by atoms with Crippen LogP contribution in [0.25, 0.3) is 11.5 Å². The summed E-state index contributed by atoms with van der Waals surface area (Å²) in [5.41, 5.74) is 0.829. The number of aromatic hydroxyl groups is 1. The Balaban J connectivity index is 1.91. The topological polar surface area (TPSA) is 72.0 Å². The predicted molar refractivity (Wildman–Crippen MR) is 68.4 cm³/mol. The number of aromatic nitrogens is 3. The maximum Gasteiger partial charge on any atom is 0.264 e. The van der Waals surface area contributed by atoms with Gasteiger partial charge in [0.05, 0.1) is 0 Å². The number of nitrogens with zero attached hydrogens (tertiary/aromatic N) is 3. The second-order valence-corrected chi connectivity index (χ2v) is 4.19. The molecule has 6 heteroatoms. The Labute approximate surface area is 113 Å². The molecule has 2 aromatic heterocycles. The van der Waals surface area contributed by atoms with Gasteiger partial charge in [-0.1, -0.05) is 17.3 Å². The number of phenols is 1. The van der Waals surface area contributed by atoms with Crippen LogP contribution >= 0.6 is 0 Å². The number of halogens is 1. The van der Waals surface area contributed by atoms with Crippen molar-refractivity contribution in [2.75, 3.05) is 0 Å². The highest BCUT2D eigenvalue weighted by molar-refractivity contribution is 5.62. The van der Waals surface area contributed by atoms with Crippen molar-refractivity contribution < 1.29 is 14.0 Å². The summed E-state index contributed by atoms with van der Waals surface area (Å²) in [5, 5.41) is 13.4. The third-order valence-corrected chi connectivity index (χ3v) is 2.76. The summed E-state index contributed by atoms with van der Waals surface area (Å²) in [6, 6.07) is 7.67. The lowest BCUT2D eigenvalue weighted by atomic mass is 10.2. The molecule has 2 heterocycles. The Bertz CT molecular complexity index is 708. The number of rotatable bonds is 3. The molecule has 0 spiro atoms. The Hall–Kier alpha value is -2.76. The summed E-state index contributed by atoms with van der Waals surface area (Å²) < 4.78 is 18.7. The van der Waals surface area contributed by atoms with Crippen LogP contribution in [-0.4, -0.2) is 20.2 Å². The van der Waals surface area contributed by atoms with Crippen LogP contribution in [-0.2, 0) is 6.42 Å². The average molecular weight is 271 g/mol. The van der Waals surface area contributed by atoms with Crippen LogP contribution in [0.4, 0.5) is 4.39 Å². The highest BCUT2D eigenvalue weighted by Crippen LogP contribution is 2.30. The smallest absolute Gasteiger partial charge is 0.264 e. The first-order chi connectivity index (χ1) is 9.74. The molecule has 1 aromatic carbocycles. The highest BCUT2D eigenvalue weighted by Gasteiger charge is 2.17. The number of pyridine rings is 1. The molecule has 0 amide bonds. The second kappa shape index (κ2) is 5.08. The second-order valence-electron chi connectivity index (χ2n) is 4.19. The third kappa shape index (κ3) is 2.35. The van der Waals surface area contributed by atoms with E-state index in [1.807, 2.05) is 6.07 Å². The predicted octanol–water partition coefficient (Wildman–Crippen LogP) is 2.57. The van der Waals surface area contributed by atoms with Crippen molar-refractivity contribution >= 4 is 0 Å². The van der Waals surface area contributed by atoms with Crippen LogP contribution in [0.15, 0.2) is 47.2 Å². The van der Waals surface area contributed by atoms with Crippen molar-refractivity contribution in [2.45, 2.75) is 6.42 Å². The van der Waals surface area contributed by atoms with E-state index < -0.39 is 5.82 Å². The minimum atomic E-state index is -0.610. The Morgan fingerprint density at radius 2 is 2.10 bits per heavy atom. The highest BCUT2D eigenvalue weighted by atomic mass is 19.1. The van der Waals surface area contributed by atoms with E-state index in [9.17, 15) is 9.50 Å². The minimum Gasteiger partial charge on any atom is -0.507 e. The number of hydrogen-bond acceptors (Lipinski definition) is 5. The lowest BCUT2D eigenvalue weighted by Gasteiger charge is -1.99. The largest absolute Gasteiger partial charge is 0.507 e. The van der Waals surface area contributed by atoms with Gasteiger partial charge in [0, 0.05) is 18.8 Å². The maximum absolute atomic E-state index is 13.7. The van der Waals surface area contributed by atoms with Crippen molar-refractivity contribution in [1.82, 2.24) is 15.1 Å². The fraction of sp³-hybridized carbons (Fsp3) is 0.0714. The summed E-state index contributed by atoms with van der Waals surface area (Å²) in [4.78, 5) is 8.08. The Morgan fingerprint density at radius 3 is 2.85 bits per heavy atom. The maximum atomic E-state index is 13.7. The Morgan fingerprint density at radius 1 is 1.20 bits per heavy atom. The third-order valence-electron chi connectivity index (χ3n) is 2.76. The van der Waals surface area contributed by atoms with Crippen molar-refractivity contribution in [3.63, 3.8) is 0 Å². The average Bonchev–Trinajstić information content (AvgIpc) is 2.88. The minimum absolute atomic E-state index is 0.0421. The van der Waals surface area contributed by atoms with E-state index in [0.717, 1.165) is 5.56 Å². The van der Waals surface area contributed by atoms with E-state index in [4.69, 9.17) is 4.52 Å². The summed E-state index contributed by atoms with van der Waals surface area (Å²) in [5.74, 6) is -0.488. The Kier molecular flexibility index (Phi) is 3.12. The van der Waals surface area contributed by atoms with Gasteiger partial charge in [-0.25, -0.2) is 4.39 Å². The van der Waals surface area contributed by atoms with Gasteiger partial charge in [0.2, 0.25) is 0 Å². The number of phenolic OH excluding ortho intramolecular Hbond substituents is 1. The fourth-order valence-electron chi connectivity index (χ4n) is 1.84. The summed E-state index contributed by atoms with van der Waals surface area (Å²) >= 11 is 0. The quantitative estimate of drug-likeness (QED) is 0.792.